The van der Waals surface area contributed by atoms with E-state index >= 15 is 0 Å². The Morgan fingerprint density at radius 2 is 2.08 bits per heavy atom. The molecular formula is C18H23N3O3. The number of aromatic nitrogens is 1. The highest BCUT2D eigenvalue weighted by molar-refractivity contribution is 6.02. The number of benzene rings is 1. The molecule has 128 valence electrons. The zero-order chi connectivity index (χ0) is 16.9. The summed E-state index contributed by atoms with van der Waals surface area (Å²) in [7, 11) is 0. The van der Waals surface area contributed by atoms with Crippen LogP contribution in [0.1, 0.15) is 41.6 Å². The molecule has 24 heavy (non-hydrogen) atoms. The highest BCUT2D eigenvalue weighted by Crippen LogP contribution is 2.17. The van der Waals surface area contributed by atoms with E-state index in [1.165, 1.54) is 0 Å². The Morgan fingerprint density at radius 1 is 1.29 bits per heavy atom. The van der Waals surface area contributed by atoms with E-state index in [4.69, 9.17) is 9.26 Å². The van der Waals surface area contributed by atoms with Gasteiger partial charge in [0.25, 0.3) is 5.91 Å². The average Bonchev–Trinajstić information content (AvgIpc) is 3.06. The van der Waals surface area contributed by atoms with Gasteiger partial charge in [0, 0.05) is 37.3 Å². The molecule has 6 nitrogen and oxygen atoms in total. The van der Waals surface area contributed by atoms with Gasteiger partial charge in [0.2, 0.25) is 0 Å². The molecule has 1 saturated heterocycles. The number of carbonyl (C=O) groups excluding carboxylic acids is 1. The minimum absolute atomic E-state index is 0.205. The van der Waals surface area contributed by atoms with E-state index in [9.17, 15) is 4.79 Å². The van der Waals surface area contributed by atoms with E-state index in [1.807, 2.05) is 32.0 Å². The maximum absolute atomic E-state index is 12.3. The molecule has 1 fully saturated rings. The van der Waals surface area contributed by atoms with E-state index in [0.29, 0.717) is 11.5 Å². The van der Waals surface area contributed by atoms with E-state index < -0.39 is 0 Å². The van der Waals surface area contributed by atoms with Crippen molar-refractivity contribution in [2.75, 3.05) is 31.6 Å². The lowest BCUT2D eigenvalue weighted by Gasteiger charge is -2.26. The minimum atomic E-state index is -0.255. The molecule has 2 heterocycles. The smallest absolute Gasteiger partial charge is 0.277 e. The van der Waals surface area contributed by atoms with Crippen LogP contribution in [0, 0.1) is 0 Å². The van der Waals surface area contributed by atoms with Crippen molar-refractivity contribution in [3.8, 4) is 0 Å². The van der Waals surface area contributed by atoms with Crippen molar-refractivity contribution in [2.24, 2.45) is 0 Å². The molecule has 0 spiro atoms. The van der Waals surface area contributed by atoms with Gasteiger partial charge in [-0.15, -0.1) is 0 Å². The van der Waals surface area contributed by atoms with Gasteiger partial charge in [-0.3, -0.25) is 9.69 Å². The van der Waals surface area contributed by atoms with E-state index in [0.717, 1.165) is 44.1 Å². The number of nitrogens with one attached hydrogen (secondary N) is 1. The standard InChI is InChI=1S/C18H23N3O3/c1-13(2)17-11-16(20-24-17)18(22)19-15-5-3-4-14(10-15)12-21-6-8-23-9-7-21/h3-5,10-11,13H,6-9,12H2,1-2H3,(H,19,22). The zero-order valence-corrected chi connectivity index (χ0v) is 14.1. The van der Waals surface area contributed by atoms with Gasteiger partial charge in [-0.25, -0.2) is 0 Å². The fourth-order valence-electron chi connectivity index (χ4n) is 2.63. The van der Waals surface area contributed by atoms with Crippen LogP contribution in [0.25, 0.3) is 0 Å². The molecule has 1 aromatic carbocycles. The van der Waals surface area contributed by atoms with Crippen molar-refractivity contribution >= 4 is 11.6 Å². The lowest BCUT2D eigenvalue weighted by molar-refractivity contribution is 0.0342. The first-order chi connectivity index (χ1) is 11.6. The topological polar surface area (TPSA) is 67.6 Å². The number of carbonyl (C=O) groups is 1. The van der Waals surface area contributed by atoms with Crippen LogP contribution < -0.4 is 5.32 Å². The quantitative estimate of drug-likeness (QED) is 0.913. The number of hydrogen-bond acceptors (Lipinski definition) is 5. The molecular weight excluding hydrogens is 306 g/mol. The molecule has 6 heteroatoms. The number of amides is 1. The molecule has 0 aliphatic carbocycles. The Morgan fingerprint density at radius 3 is 2.79 bits per heavy atom. The maximum atomic E-state index is 12.3. The van der Waals surface area contributed by atoms with Crippen LogP contribution in [0.5, 0.6) is 0 Å². The largest absolute Gasteiger partial charge is 0.379 e. The highest BCUT2D eigenvalue weighted by atomic mass is 16.5. The third kappa shape index (κ3) is 4.21. The molecule has 0 radical (unpaired) electrons. The number of ether oxygens (including phenoxy) is 1. The van der Waals surface area contributed by atoms with E-state index in [-0.39, 0.29) is 11.8 Å². The van der Waals surface area contributed by atoms with Crippen LogP contribution >= 0.6 is 0 Å². The predicted octanol–water partition coefficient (Wildman–Crippen LogP) is 2.88. The maximum Gasteiger partial charge on any atom is 0.277 e. The van der Waals surface area contributed by atoms with Gasteiger partial charge >= 0.3 is 0 Å². The summed E-state index contributed by atoms with van der Waals surface area (Å²) >= 11 is 0. The Bertz CT molecular complexity index is 690. The summed E-state index contributed by atoms with van der Waals surface area (Å²) in [5, 5.41) is 6.72. The number of morpholine rings is 1. The lowest BCUT2D eigenvalue weighted by atomic mass is 10.1. The first-order valence-electron chi connectivity index (χ1n) is 8.29. The first-order valence-corrected chi connectivity index (χ1v) is 8.29. The molecule has 1 aliphatic rings. The summed E-state index contributed by atoms with van der Waals surface area (Å²) in [4.78, 5) is 14.6. The third-order valence-corrected chi connectivity index (χ3v) is 4.02. The van der Waals surface area contributed by atoms with Crippen molar-refractivity contribution in [2.45, 2.75) is 26.3 Å². The summed E-state index contributed by atoms with van der Waals surface area (Å²) in [6.45, 7) is 8.28. The van der Waals surface area contributed by atoms with Crippen molar-refractivity contribution in [1.82, 2.24) is 10.1 Å². The van der Waals surface area contributed by atoms with Crippen LogP contribution in [-0.2, 0) is 11.3 Å². The Hall–Kier alpha value is -2.18. The predicted molar refractivity (Wildman–Crippen MR) is 91.1 cm³/mol. The molecule has 0 saturated carbocycles. The normalized spacial score (nSPS) is 15.6. The summed E-state index contributed by atoms with van der Waals surface area (Å²) < 4.78 is 10.5. The Labute approximate surface area is 141 Å². The molecule has 2 aromatic rings. The summed E-state index contributed by atoms with van der Waals surface area (Å²) in [5.74, 6) is 0.659. The van der Waals surface area contributed by atoms with Gasteiger partial charge in [0.15, 0.2) is 5.69 Å². The SMILES string of the molecule is CC(C)c1cc(C(=O)Nc2cccc(CN3CCOCC3)c2)no1. The van der Waals surface area contributed by atoms with Gasteiger partial charge in [-0.1, -0.05) is 31.1 Å². The van der Waals surface area contributed by atoms with Crippen molar-refractivity contribution in [3.05, 3.63) is 47.3 Å². The summed E-state index contributed by atoms with van der Waals surface area (Å²) in [6, 6.07) is 9.59. The second-order valence-corrected chi connectivity index (χ2v) is 6.31. The summed E-state index contributed by atoms with van der Waals surface area (Å²) in [6.07, 6.45) is 0. The van der Waals surface area contributed by atoms with Gasteiger partial charge in [0.1, 0.15) is 5.76 Å². The second kappa shape index (κ2) is 7.59. The highest BCUT2D eigenvalue weighted by Gasteiger charge is 2.15. The van der Waals surface area contributed by atoms with Crippen LogP contribution in [0.15, 0.2) is 34.9 Å². The molecule has 0 bridgehead atoms. The van der Waals surface area contributed by atoms with Gasteiger partial charge in [-0.05, 0) is 17.7 Å². The van der Waals surface area contributed by atoms with Gasteiger partial charge in [-0.2, -0.15) is 0 Å². The lowest BCUT2D eigenvalue weighted by Crippen LogP contribution is -2.35. The van der Waals surface area contributed by atoms with Gasteiger partial charge < -0.3 is 14.6 Å². The van der Waals surface area contributed by atoms with Crippen LogP contribution in [0.3, 0.4) is 0 Å². The summed E-state index contributed by atoms with van der Waals surface area (Å²) in [5.41, 5.74) is 2.23. The van der Waals surface area contributed by atoms with E-state index in [2.05, 4.69) is 21.4 Å². The van der Waals surface area contributed by atoms with Crippen LogP contribution in [-0.4, -0.2) is 42.3 Å². The molecule has 1 amide bonds. The van der Waals surface area contributed by atoms with Crippen molar-refractivity contribution < 1.29 is 14.1 Å². The Kier molecular flexibility index (Phi) is 5.27. The average molecular weight is 329 g/mol. The molecule has 3 rings (SSSR count). The molecule has 1 N–H and O–H groups in total. The number of anilines is 1. The van der Waals surface area contributed by atoms with Gasteiger partial charge in [0.05, 0.1) is 13.2 Å². The fraction of sp³-hybridized carbons (Fsp3) is 0.444. The van der Waals surface area contributed by atoms with Crippen LogP contribution in [0.4, 0.5) is 5.69 Å². The minimum Gasteiger partial charge on any atom is -0.379 e. The number of rotatable bonds is 5. The van der Waals surface area contributed by atoms with Crippen molar-refractivity contribution in [1.29, 1.82) is 0 Å². The van der Waals surface area contributed by atoms with Crippen molar-refractivity contribution in [3.63, 3.8) is 0 Å². The molecule has 0 unspecified atom stereocenters. The first kappa shape index (κ1) is 16.7. The second-order valence-electron chi connectivity index (χ2n) is 6.31. The third-order valence-electron chi connectivity index (χ3n) is 4.02. The Balaban J connectivity index is 1.63. The van der Waals surface area contributed by atoms with E-state index in [1.54, 1.807) is 6.07 Å². The fourth-order valence-corrected chi connectivity index (χ4v) is 2.63. The molecule has 1 aliphatic heterocycles. The number of nitrogens with zero attached hydrogens (tertiary/aromatic N) is 2. The molecule has 0 atom stereocenters. The number of hydrogen-bond donors (Lipinski definition) is 1. The van der Waals surface area contributed by atoms with Crippen LogP contribution in [0.2, 0.25) is 0 Å². The monoisotopic (exact) mass is 329 g/mol. The zero-order valence-electron chi connectivity index (χ0n) is 14.1. The molecule has 1 aromatic heterocycles.